The molecule has 0 aliphatic heterocycles. The van der Waals surface area contributed by atoms with Crippen LogP contribution in [0, 0.1) is 0 Å². The minimum absolute atomic E-state index is 0.232. The summed E-state index contributed by atoms with van der Waals surface area (Å²) in [7, 11) is 1.77. The van der Waals surface area contributed by atoms with Crippen LogP contribution < -0.4 is 10.6 Å². The molecule has 2 N–H and O–H groups in total. The van der Waals surface area contributed by atoms with Gasteiger partial charge >= 0.3 is 0 Å². The highest BCUT2D eigenvalue weighted by atomic mass is 16.3. The van der Waals surface area contributed by atoms with Gasteiger partial charge in [0.1, 0.15) is 6.26 Å². The van der Waals surface area contributed by atoms with Crippen molar-refractivity contribution in [1.82, 2.24) is 15.6 Å². The second-order valence-corrected chi connectivity index (χ2v) is 6.57. The second kappa shape index (κ2) is 9.03. The van der Waals surface area contributed by atoms with E-state index in [0.717, 1.165) is 17.2 Å². The zero-order valence-electron chi connectivity index (χ0n) is 16.0. The Labute approximate surface area is 160 Å². The molecule has 0 saturated heterocycles. The predicted octanol–water partition coefficient (Wildman–Crippen LogP) is 4.20. The number of aromatic nitrogens is 1. The Hall–Kier alpha value is -3.08. The summed E-state index contributed by atoms with van der Waals surface area (Å²) < 4.78 is 5.58. The van der Waals surface area contributed by atoms with E-state index in [1.165, 1.54) is 5.56 Å². The van der Waals surface area contributed by atoms with Gasteiger partial charge in [-0.15, -0.1) is 0 Å². The third kappa shape index (κ3) is 4.97. The van der Waals surface area contributed by atoms with Gasteiger partial charge in [-0.25, -0.2) is 4.98 Å². The fourth-order valence-corrected chi connectivity index (χ4v) is 2.86. The van der Waals surface area contributed by atoms with Gasteiger partial charge in [-0.3, -0.25) is 4.99 Å². The van der Waals surface area contributed by atoms with Gasteiger partial charge in [0.05, 0.1) is 12.2 Å². The van der Waals surface area contributed by atoms with Crippen LogP contribution in [0.4, 0.5) is 0 Å². The summed E-state index contributed by atoms with van der Waals surface area (Å²) in [6.07, 6.45) is 1.68. The van der Waals surface area contributed by atoms with E-state index in [2.05, 4.69) is 58.7 Å². The van der Waals surface area contributed by atoms with E-state index in [4.69, 9.17) is 4.42 Å². The molecule has 0 saturated carbocycles. The van der Waals surface area contributed by atoms with Gasteiger partial charge in [-0.1, -0.05) is 55.5 Å². The van der Waals surface area contributed by atoms with Crippen molar-refractivity contribution in [3.05, 3.63) is 78.2 Å². The van der Waals surface area contributed by atoms with Gasteiger partial charge in [0, 0.05) is 24.6 Å². The molecule has 0 radical (unpaired) electrons. The first kappa shape index (κ1) is 18.7. The summed E-state index contributed by atoms with van der Waals surface area (Å²) in [5, 5.41) is 6.76. The lowest BCUT2D eigenvalue weighted by Gasteiger charge is -2.23. The zero-order valence-corrected chi connectivity index (χ0v) is 16.0. The number of rotatable bonds is 6. The van der Waals surface area contributed by atoms with E-state index >= 15 is 0 Å². The summed E-state index contributed by atoms with van der Waals surface area (Å²) in [6.45, 7) is 4.92. The zero-order chi connectivity index (χ0) is 19.1. The van der Waals surface area contributed by atoms with Crippen LogP contribution in [0.1, 0.15) is 31.0 Å². The molecule has 0 aliphatic rings. The maximum Gasteiger partial charge on any atom is 0.226 e. The maximum absolute atomic E-state index is 5.58. The van der Waals surface area contributed by atoms with Gasteiger partial charge in [0.25, 0.3) is 0 Å². The molecule has 27 heavy (non-hydrogen) atoms. The van der Waals surface area contributed by atoms with Gasteiger partial charge in [-0.05, 0) is 24.6 Å². The number of nitrogens with one attached hydrogen (secondary N) is 2. The smallest absolute Gasteiger partial charge is 0.226 e. The van der Waals surface area contributed by atoms with Crippen molar-refractivity contribution in [3.63, 3.8) is 0 Å². The van der Waals surface area contributed by atoms with Crippen LogP contribution in [0.2, 0.25) is 0 Å². The summed E-state index contributed by atoms with van der Waals surface area (Å²) in [6, 6.07) is 20.6. The Morgan fingerprint density at radius 2 is 1.70 bits per heavy atom. The average Bonchev–Trinajstić information content (AvgIpc) is 3.20. The van der Waals surface area contributed by atoms with E-state index in [-0.39, 0.29) is 6.04 Å². The molecule has 2 unspecified atom stereocenters. The molecule has 1 heterocycles. The highest BCUT2D eigenvalue weighted by Crippen LogP contribution is 2.19. The Morgan fingerprint density at radius 1 is 1.04 bits per heavy atom. The van der Waals surface area contributed by atoms with Crippen molar-refractivity contribution < 1.29 is 4.42 Å². The van der Waals surface area contributed by atoms with Crippen molar-refractivity contribution in [2.45, 2.75) is 32.4 Å². The SMILES string of the molecule is CN=C(NCc1coc(-c2ccccc2)n1)NC(C)C(C)c1ccccc1. The van der Waals surface area contributed by atoms with Crippen LogP contribution in [0.25, 0.3) is 11.5 Å². The minimum Gasteiger partial charge on any atom is -0.444 e. The van der Waals surface area contributed by atoms with Gasteiger partial charge in [0.15, 0.2) is 5.96 Å². The number of benzene rings is 2. The summed E-state index contributed by atoms with van der Waals surface area (Å²) in [4.78, 5) is 8.86. The fourth-order valence-electron chi connectivity index (χ4n) is 2.86. The molecule has 2 aromatic carbocycles. The average molecular weight is 362 g/mol. The molecule has 3 aromatic rings. The second-order valence-electron chi connectivity index (χ2n) is 6.57. The topological polar surface area (TPSA) is 62.5 Å². The summed E-state index contributed by atoms with van der Waals surface area (Å²) >= 11 is 0. The molecule has 0 bridgehead atoms. The number of hydrogen-bond acceptors (Lipinski definition) is 3. The van der Waals surface area contributed by atoms with Crippen molar-refractivity contribution >= 4 is 5.96 Å². The highest BCUT2D eigenvalue weighted by Gasteiger charge is 2.15. The van der Waals surface area contributed by atoms with Crippen LogP contribution in [0.15, 0.2) is 76.3 Å². The lowest BCUT2D eigenvalue weighted by Crippen LogP contribution is -2.43. The molecular formula is C22H26N4O. The molecule has 5 heteroatoms. The van der Waals surface area contributed by atoms with Crippen LogP contribution in [0.5, 0.6) is 0 Å². The Bertz CT molecular complexity index is 858. The van der Waals surface area contributed by atoms with Gasteiger partial charge in [-0.2, -0.15) is 0 Å². The monoisotopic (exact) mass is 362 g/mol. The molecule has 0 aliphatic carbocycles. The van der Waals surface area contributed by atoms with Gasteiger partial charge in [0.2, 0.25) is 5.89 Å². The largest absolute Gasteiger partial charge is 0.444 e. The van der Waals surface area contributed by atoms with E-state index in [1.54, 1.807) is 13.3 Å². The van der Waals surface area contributed by atoms with Crippen LogP contribution in [-0.4, -0.2) is 24.0 Å². The number of aliphatic imine (C=N–C) groups is 1. The Morgan fingerprint density at radius 3 is 2.37 bits per heavy atom. The standard InChI is InChI=1S/C22H26N4O/c1-16(18-10-6-4-7-11-18)17(2)25-22(23-3)24-14-20-15-27-21(26-20)19-12-8-5-9-13-19/h4-13,15-17H,14H2,1-3H3,(H2,23,24,25). The molecule has 5 nitrogen and oxygen atoms in total. The third-order valence-electron chi connectivity index (χ3n) is 4.67. The summed E-state index contributed by atoms with van der Waals surface area (Å²) in [5.41, 5.74) is 3.11. The minimum atomic E-state index is 0.232. The molecule has 0 spiro atoms. The van der Waals surface area contributed by atoms with E-state index in [0.29, 0.717) is 18.4 Å². The third-order valence-corrected chi connectivity index (χ3v) is 4.67. The van der Waals surface area contributed by atoms with Crippen molar-refractivity contribution in [2.75, 3.05) is 7.05 Å². The van der Waals surface area contributed by atoms with Crippen molar-refractivity contribution in [2.24, 2.45) is 4.99 Å². The van der Waals surface area contributed by atoms with E-state index in [1.807, 2.05) is 36.4 Å². The molecule has 2 atom stereocenters. The maximum atomic E-state index is 5.58. The summed E-state index contributed by atoms with van der Waals surface area (Å²) in [5.74, 6) is 1.73. The van der Waals surface area contributed by atoms with Crippen LogP contribution in [-0.2, 0) is 6.54 Å². The molecule has 0 fully saturated rings. The molecule has 1 aromatic heterocycles. The highest BCUT2D eigenvalue weighted by molar-refractivity contribution is 5.80. The number of oxazole rings is 1. The van der Waals surface area contributed by atoms with Crippen molar-refractivity contribution in [1.29, 1.82) is 0 Å². The predicted molar refractivity (Wildman–Crippen MR) is 110 cm³/mol. The number of guanidine groups is 1. The quantitative estimate of drug-likeness (QED) is 0.510. The first-order chi connectivity index (χ1) is 13.2. The first-order valence-electron chi connectivity index (χ1n) is 9.19. The van der Waals surface area contributed by atoms with Crippen LogP contribution >= 0.6 is 0 Å². The molecule has 140 valence electrons. The molecular weight excluding hydrogens is 336 g/mol. The number of hydrogen-bond donors (Lipinski definition) is 2. The fraction of sp³-hybridized carbons (Fsp3) is 0.273. The number of nitrogens with zero attached hydrogens (tertiary/aromatic N) is 2. The van der Waals surface area contributed by atoms with Crippen LogP contribution in [0.3, 0.4) is 0 Å². The van der Waals surface area contributed by atoms with E-state index < -0.39 is 0 Å². The molecule has 3 rings (SSSR count). The normalized spacial score (nSPS) is 13.8. The van der Waals surface area contributed by atoms with Gasteiger partial charge < -0.3 is 15.1 Å². The van der Waals surface area contributed by atoms with Crippen molar-refractivity contribution in [3.8, 4) is 11.5 Å². The Balaban J connectivity index is 1.56. The first-order valence-corrected chi connectivity index (χ1v) is 9.19. The lowest BCUT2D eigenvalue weighted by molar-refractivity contribution is 0.549. The molecule has 0 amide bonds. The van der Waals surface area contributed by atoms with E-state index in [9.17, 15) is 0 Å². The Kier molecular flexibility index (Phi) is 6.26. The lowest BCUT2D eigenvalue weighted by atomic mass is 9.94.